The summed E-state index contributed by atoms with van der Waals surface area (Å²) in [5.41, 5.74) is 8.76. The molecule has 0 radical (unpaired) electrons. The Morgan fingerprint density at radius 2 is 1.62 bits per heavy atom. The number of anilines is 1. The van der Waals surface area contributed by atoms with Crippen molar-refractivity contribution >= 4 is 11.6 Å². The van der Waals surface area contributed by atoms with Gasteiger partial charge in [-0.15, -0.1) is 0 Å². The van der Waals surface area contributed by atoms with Gasteiger partial charge < -0.3 is 11.1 Å². The average molecular weight is 282 g/mol. The molecule has 0 spiro atoms. The van der Waals surface area contributed by atoms with Crippen molar-refractivity contribution in [1.82, 2.24) is 0 Å². The fourth-order valence-electron chi connectivity index (χ4n) is 2.26. The van der Waals surface area contributed by atoms with Gasteiger partial charge in [-0.1, -0.05) is 56.3 Å². The summed E-state index contributed by atoms with van der Waals surface area (Å²) in [6, 6.07) is 17.6. The summed E-state index contributed by atoms with van der Waals surface area (Å²) in [5, 5.41) is 2.94. The third-order valence-corrected chi connectivity index (χ3v) is 3.60. The molecule has 0 fully saturated rings. The van der Waals surface area contributed by atoms with Crippen LogP contribution in [0.5, 0.6) is 0 Å². The first-order valence-electron chi connectivity index (χ1n) is 7.27. The minimum Gasteiger partial charge on any atom is -0.329 e. The van der Waals surface area contributed by atoms with E-state index in [0.29, 0.717) is 12.5 Å². The normalized spacial score (nSPS) is 12.2. The van der Waals surface area contributed by atoms with Crippen molar-refractivity contribution in [2.75, 3.05) is 11.9 Å². The summed E-state index contributed by atoms with van der Waals surface area (Å²) in [6.07, 6.45) is 0. The van der Waals surface area contributed by atoms with Gasteiger partial charge in [0, 0.05) is 12.2 Å². The maximum Gasteiger partial charge on any atom is 0.233 e. The van der Waals surface area contributed by atoms with Crippen LogP contribution in [0.2, 0.25) is 0 Å². The van der Waals surface area contributed by atoms with Crippen LogP contribution in [0.3, 0.4) is 0 Å². The zero-order valence-electron chi connectivity index (χ0n) is 12.5. The van der Waals surface area contributed by atoms with Gasteiger partial charge in [0.2, 0.25) is 5.91 Å². The lowest BCUT2D eigenvalue weighted by Crippen LogP contribution is -2.27. The summed E-state index contributed by atoms with van der Waals surface area (Å²) in [5.74, 6) is 0.0906. The summed E-state index contributed by atoms with van der Waals surface area (Å²) in [7, 11) is 0. The molecule has 0 aliphatic heterocycles. The lowest BCUT2D eigenvalue weighted by atomic mass is 9.98. The highest BCUT2D eigenvalue weighted by molar-refractivity contribution is 5.96. The van der Waals surface area contributed by atoms with Gasteiger partial charge >= 0.3 is 0 Å². The molecular formula is C18H22N2O. The van der Waals surface area contributed by atoms with E-state index >= 15 is 0 Å². The number of carbonyl (C=O) groups excluding carboxylic acids is 1. The van der Waals surface area contributed by atoms with Gasteiger partial charge in [0.15, 0.2) is 0 Å². The van der Waals surface area contributed by atoms with Gasteiger partial charge in [-0.05, 0) is 29.2 Å². The van der Waals surface area contributed by atoms with Crippen molar-refractivity contribution in [1.29, 1.82) is 0 Å². The molecule has 110 valence electrons. The van der Waals surface area contributed by atoms with E-state index in [1.165, 1.54) is 5.56 Å². The summed E-state index contributed by atoms with van der Waals surface area (Å²) >= 11 is 0. The SMILES string of the molecule is CC(C)c1ccc(NC(=O)C(CN)c2ccccc2)cc1. The van der Waals surface area contributed by atoms with E-state index in [1.807, 2.05) is 54.6 Å². The molecule has 0 saturated heterocycles. The van der Waals surface area contributed by atoms with Crippen LogP contribution < -0.4 is 11.1 Å². The number of nitrogens with two attached hydrogens (primary N) is 1. The molecule has 1 amide bonds. The molecule has 0 aromatic heterocycles. The molecule has 1 unspecified atom stereocenters. The van der Waals surface area contributed by atoms with Crippen LogP contribution in [0.1, 0.15) is 36.8 Å². The highest BCUT2D eigenvalue weighted by atomic mass is 16.1. The van der Waals surface area contributed by atoms with Crippen molar-refractivity contribution in [3.8, 4) is 0 Å². The van der Waals surface area contributed by atoms with E-state index in [1.54, 1.807) is 0 Å². The average Bonchev–Trinajstić information content (AvgIpc) is 2.49. The molecule has 21 heavy (non-hydrogen) atoms. The minimum absolute atomic E-state index is 0.0685. The van der Waals surface area contributed by atoms with Crippen molar-refractivity contribution in [3.05, 3.63) is 65.7 Å². The zero-order chi connectivity index (χ0) is 15.2. The smallest absolute Gasteiger partial charge is 0.233 e. The summed E-state index contributed by atoms with van der Waals surface area (Å²) in [6.45, 7) is 4.58. The number of benzene rings is 2. The Hall–Kier alpha value is -2.13. The van der Waals surface area contributed by atoms with Gasteiger partial charge in [0.25, 0.3) is 0 Å². The zero-order valence-corrected chi connectivity index (χ0v) is 12.5. The predicted molar refractivity (Wildman–Crippen MR) is 87.4 cm³/mol. The molecule has 0 aliphatic carbocycles. The molecule has 0 heterocycles. The first kappa shape index (κ1) is 15.3. The molecule has 2 aromatic rings. The molecule has 0 aliphatic rings. The Labute approximate surface area is 126 Å². The van der Waals surface area contributed by atoms with E-state index in [0.717, 1.165) is 11.3 Å². The molecule has 3 N–H and O–H groups in total. The molecule has 3 heteroatoms. The maximum atomic E-state index is 12.4. The van der Waals surface area contributed by atoms with Crippen molar-refractivity contribution < 1.29 is 4.79 Å². The van der Waals surface area contributed by atoms with Gasteiger partial charge in [0.05, 0.1) is 5.92 Å². The second-order valence-corrected chi connectivity index (χ2v) is 5.46. The van der Waals surface area contributed by atoms with Crippen molar-refractivity contribution in [2.45, 2.75) is 25.7 Å². The van der Waals surface area contributed by atoms with Crippen LogP contribution in [0.15, 0.2) is 54.6 Å². The van der Waals surface area contributed by atoms with Crippen LogP contribution in [-0.2, 0) is 4.79 Å². The van der Waals surface area contributed by atoms with Crippen molar-refractivity contribution in [3.63, 3.8) is 0 Å². The van der Waals surface area contributed by atoms with Crippen LogP contribution >= 0.6 is 0 Å². The maximum absolute atomic E-state index is 12.4. The van der Waals surface area contributed by atoms with E-state index < -0.39 is 0 Å². The first-order chi connectivity index (χ1) is 10.1. The Morgan fingerprint density at radius 1 is 1.00 bits per heavy atom. The molecular weight excluding hydrogens is 260 g/mol. The number of amides is 1. The fraction of sp³-hybridized carbons (Fsp3) is 0.278. The summed E-state index contributed by atoms with van der Waals surface area (Å²) in [4.78, 5) is 12.4. The highest BCUT2D eigenvalue weighted by Crippen LogP contribution is 2.20. The van der Waals surface area contributed by atoms with Crippen LogP contribution in [0, 0.1) is 0 Å². The monoisotopic (exact) mass is 282 g/mol. The fourth-order valence-corrected chi connectivity index (χ4v) is 2.26. The molecule has 2 aromatic carbocycles. The Kier molecular flexibility index (Phi) is 5.12. The Balaban J connectivity index is 2.09. The number of nitrogens with one attached hydrogen (secondary N) is 1. The highest BCUT2D eigenvalue weighted by Gasteiger charge is 2.18. The standard InChI is InChI=1S/C18H22N2O/c1-13(2)14-8-10-16(11-9-14)20-18(21)17(12-19)15-6-4-3-5-7-15/h3-11,13,17H,12,19H2,1-2H3,(H,20,21). The predicted octanol–water partition coefficient (Wildman–Crippen LogP) is 3.49. The number of hydrogen-bond donors (Lipinski definition) is 2. The van der Waals surface area contributed by atoms with Gasteiger partial charge in [0.1, 0.15) is 0 Å². The number of hydrogen-bond acceptors (Lipinski definition) is 2. The van der Waals surface area contributed by atoms with E-state index in [2.05, 4.69) is 19.2 Å². The van der Waals surface area contributed by atoms with Crippen LogP contribution in [0.25, 0.3) is 0 Å². The van der Waals surface area contributed by atoms with E-state index in [-0.39, 0.29) is 11.8 Å². The van der Waals surface area contributed by atoms with Gasteiger partial charge in [-0.2, -0.15) is 0 Å². The van der Waals surface area contributed by atoms with Gasteiger partial charge in [-0.3, -0.25) is 4.79 Å². The third-order valence-electron chi connectivity index (χ3n) is 3.60. The summed E-state index contributed by atoms with van der Waals surface area (Å²) < 4.78 is 0. The van der Waals surface area contributed by atoms with Crippen molar-refractivity contribution in [2.24, 2.45) is 5.73 Å². The minimum atomic E-state index is -0.323. The lowest BCUT2D eigenvalue weighted by Gasteiger charge is -2.15. The van der Waals surface area contributed by atoms with E-state index in [4.69, 9.17) is 5.73 Å². The molecule has 0 bridgehead atoms. The second kappa shape index (κ2) is 7.04. The van der Waals surface area contributed by atoms with Crippen LogP contribution in [0.4, 0.5) is 5.69 Å². The largest absolute Gasteiger partial charge is 0.329 e. The third kappa shape index (κ3) is 3.92. The Morgan fingerprint density at radius 3 is 2.14 bits per heavy atom. The topological polar surface area (TPSA) is 55.1 Å². The molecule has 1 atom stereocenters. The quantitative estimate of drug-likeness (QED) is 0.882. The number of carbonyl (C=O) groups is 1. The van der Waals surface area contributed by atoms with E-state index in [9.17, 15) is 4.79 Å². The molecule has 3 nitrogen and oxygen atoms in total. The first-order valence-corrected chi connectivity index (χ1v) is 7.27. The Bertz CT molecular complexity index is 576. The van der Waals surface area contributed by atoms with Gasteiger partial charge in [-0.25, -0.2) is 0 Å². The second-order valence-electron chi connectivity index (χ2n) is 5.46. The molecule has 0 saturated carbocycles. The molecule has 2 rings (SSSR count). The number of rotatable bonds is 5. The lowest BCUT2D eigenvalue weighted by molar-refractivity contribution is -0.117. The van der Waals surface area contributed by atoms with Crippen LogP contribution in [-0.4, -0.2) is 12.5 Å².